The molecule has 3 aromatic rings. The van der Waals surface area contributed by atoms with Gasteiger partial charge in [0.15, 0.2) is 0 Å². The third-order valence-electron chi connectivity index (χ3n) is 4.26. The van der Waals surface area contributed by atoms with Crippen LogP contribution in [0.25, 0.3) is 10.8 Å². The fraction of sp³-hybridized carbons (Fsp3) is 0.143. The third-order valence-corrected chi connectivity index (χ3v) is 5.66. The van der Waals surface area contributed by atoms with Crippen LogP contribution in [0, 0.1) is 0 Å². The molecule has 0 aromatic heterocycles. The molecule has 0 saturated carbocycles. The van der Waals surface area contributed by atoms with Crippen molar-refractivity contribution in [3.05, 3.63) is 78.4 Å². The maximum Gasteiger partial charge on any atom is 0.251 e. The molecule has 0 spiro atoms. The number of carbonyl (C=O) groups excluding carboxylic acids is 2. The Hall–Kier alpha value is -2.99. The molecular weight excluding hydrogens is 360 g/mol. The molecule has 0 aliphatic carbocycles. The molecule has 0 bridgehead atoms. The van der Waals surface area contributed by atoms with E-state index in [1.807, 2.05) is 36.4 Å². The van der Waals surface area contributed by atoms with Crippen LogP contribution in [0.3, 0.4) is 0 Å². The second kappa shape index (κ2) is 8.60. The molecule has 6 heteroatoms. The second-order valence-corrected chi connectivity index (χ2v) is 7.71. The number of nitrogens with one attached hydrogen (secondary N) is 1. The van der Waals surface area contributed by atoms with Gasteiger partial charge in [-0.15, -0.1) is 0 Å². The zero-order chi connectivity index (χ0) is 19.2. The Labute approximate surface area is 160 Å². The van der Waals surface area contributed by atoms with Crippen LogP contribution in [0.2, 0.25) is 0 Å². The minimum absolute atomic E-state index is 0.205. The standard InChI is InChI=1S/C21H20N2O3S/c22-20(24)19(12-13-27(26)18-8-2-1-3-9-18)23-21(25)17-11-10-15-6-4-5-7-16(15)14-17/h1-11,14,19H,12-13H2,(H2,22,24)(H,23,25)/t19-,27+/m0/s1. The first-order chi connectivity index (χ1) is 13.0. The van der Waals surface area contributed by atoms with Crippen molar-refractivity contribution in [2.75, 3.05) is 5.75 Å². The maximum absolute atomic E-state index is 12.5. The van der Waals surface area contributed by atoms with Gasteiger partial charge in [-0.3, -0.25) is 13.8 Å². The van der Waals surface area contributed by atoms with Gasteiger partial charge in [-0.25, -0.2) is 0 Å². The predicted octanol–water partition coefficient (Wildman–Crippen LogP) is 2.62. The molecule has 2 atom stereocenters. The minimum Gasteiger partial charge on any atom is -0.368 e. The van der Waals surface area contributed by atoms with Crippen molar-refractivity contribution < 1.29 is 13.8 Å². The smallest absolute Gasteiger partial charge is 0.251 e. The van der Waals surface area contributed by atoms with Gasteiger partial charge in [0.1, 0.15) is 6.04 Å². The van der Waals surface area contributed by atoms with Gasteiger partial charge in [-0.2, -0.15) is 0 Å². The van der Waals surface area contributed by atoms with E-state index in [0.29, 0.717) is 10.5 Å². The first kappa shape index (κ1) is 18.8. The highest BCUT2D eigenvalue weighted by molar-refractivity contribution is 7.85. The summed E-state index contributed by atoms with van der Waals surface area (Å²) < 4.78 is 12.3. The first-order valence-electron chi connectivity index (χ1n) is 8.57. The van der Waals surface area contributed by atoms with Crippen LogP contribution >= 0.6 is 0 Å². The lowest BCUT2D eigenvalue weighted by Gasteiger charge is -2.15. The largest absolute Gasteiger partial charge is 0.368 e. The van der Waals surface area contributed by atoms with Crippen LogP contribution in [0.1, 0.15) is 16.8 Å². The quantitative estimate of drug-likeness (QED) is 0.660. The molecule has 2 amide bonds. The molecule has 3 aromatic carbocycles. The van der Waals surface area contributed by atoms with Crippen molar-refractivity contribution in [1.29, 1.82) is 0 Å². The van der Waals surface area contributed by atoms with Crippen molar-refractivity contribution in [3.63, 3.8) is 0 Å². The lowest BCUT2D eigenvalue weighted by atomic mass is 10.1. The van der Waals surface area contributed by atoms with Crippen molar-refractivity contribution in [1.82, 2.24) is 5.32 Å². The fourth-order valence-electron chi connectivity index (χ4n) is 2.77. The van der Waals surface area contributed by atoms with Crippen molar-refractivity contribution in [2.24, 2.45) is 5.73 Å². The van der Waals surface area contributed by atoms with Crippen LogP contribution < -0.4 is 11.1 Å². The molecule has 3 rings (SSSR count). The monoisotopic (exact) mass is 380 g/mol. The normalized spacial score (nSPS) is 13.0. The van der Waals surface area contributed by atoms with E-state index >= 15 is 0 Å². The van der Waals surface area contributed by atoms with E-state index in [9.17, 15) is 13.8 Å². The van der Waals surface area contributed by atoms with Gasteiger partial charge < -0.3 is 11.1 Å². The highest BCUT2D eigenvalue weighted by Gasteiger charge is 2.20. The van der Waals surface area contributed by atoms with Crippen molar-refractivity contribution in [2.45, 2.75) is 17.4 Å². The molecule has 0 aliphatic heterocycles. The van der Waals surface area contributed by atoms with Gasteiger partial charge in [0.25, 0.3) is 5.91 Å². The molecule has 0 fully saturated rings. The van der Waals surface area contributed by atoms with Crippen LogP contribution in [-0.2, 0) is 15.6 Å². The van der Waals surface area contributed by atoms with E-state index in [2.05, 4.69) is 5.32 Å². The predicted molar refractivity (Wildman–Crippen MR) is 107 cm³/mol. The summed E-state index contributed by atoms with van der Waals surface area (Å²) in [4.78, 5) is 24.9. The summed E-state index contributed by atoms with van der Waals surface area (Å²) in [6.45, 7) is 0. The zero-order valence-corrected chi connectivity index (χ0v) is 15.4. The minimum atomic E-state index is -1.26. The van der Waals surface area contributed by atoms with Gasteiger partial charge in [0.2, 0.25) is 5.91 Å². The van der Waals surface area contributed by atoms with Gasteiger partial charge >= 0.3 is 0 Å². The molecule has 5 nitrogen and oxygen atoms in total. The Morgan fingerprint density at radius 2 is 1.59 bits per heavy atom. The van der Waals surface area contributed by atoms with Crippen molar-refractivity contribution >= 4 is 33.4 Å². The number of nitrogens with two attached hydrogens (primary N) is 1. The van der Waals surface area contributed by atoms with Gasteiger partial charge in [-0.05, 0) is 41.5 Å². The Bertz CT molecular complexity index is 989. The van der Waals surface area contributed by atoms with E-state index in [4.69, 9.17) is 5.73 Å². The summed E-state index contributed by atoms with van der Waals surface area (Å²) in [6, 6.07) is 21.1. The maximum atomic E-state index is 12.5. The summed E-state index contributed by atoms with van der Waals surface area (Å²) in [5.41, 5.74) is 5.87. The Kier molecular flexibility index (Phi) is 5.98. The summed E-state index contributed by atoms with van der Waals surface area (Å²) in [5.74, 6) is -0.792. The molecular formula is C21H20N2O3S. The number of hydrogen-bond donors (Lipinski definition) is 2. The fourth-order valence-corrected chi connectivity index (χ4v) is 3.92. The second-order valence-electron chi connectivity index (χ2n) is 6.14. The highest BCUT2D eigenvalue weighted by Crippen LogP contribution is 2.16. The average Bonchev–Trinajstić information content (AvgIpc) is 2.70. The number of primary amides is 1. The van der Waals surface area contributed by atoms with E-state index in [1.54, 1.807) is 36.4 Å². The first-order valence-corrected chi connectivity index (χ1v) is 9.89. The Balaban J connectivity index is 1.67. The number of benzene rings is 3. The Morgan fingerprint density at radius 3 is 2.30 bits per heavy atom. The molecule has 0 aliphatic rings. The van der Waals surface area contributed by atoms with Crippen LogP contribution in [0.4, 0.5) is 0 Å². The number of hydrogen-bond acceptors (Lipinski definition) is 3. The topological polar surface area (TPSA) is 89.3 Å². The molecule has 3 N–H and O–H groups in total. The van der Waals surface area contributed by atoms with Crippen LogP contribution in [0.15, 0.2) is 77.7 Å². The van der Waals surface area contributed by atoms with Gasteiger partial charge in [0.05, 0.1) is 10.8 Å². The molecule has 27 heavy (non-hydrogen) atoms. The number of rotatable bonds is 7. The van der Waals surface area contributed by atoms with Crippen LogP contribution in [0.5, 0.6) is 0 Å². The molecule has 0 heterocycles. The third kappa shape index (κ3) is 4.80. The van der Waals surface area contributed by atoms with Gasteiger partial charge in [-0.1, -0.05) is 48.5 Å². The lowest BCUT2D eigenvalue weighted by Crippen LogP contribution is -2.45. The average molecular weight is 380 g/mol. The number of fused-ring (bicyclic) bond motifs is 1. The van der Waals surface area contributed by atoms with E-state index in [-0.39, 0.29) is 18.1 Å². The van der Waals surface area contributed by atoms with E-state index < -0.39 is 22.7 Å². The molecule has 0 radical (unpaired) electrons. The summed E-state index contributed by atoms with van der Waals surface area (Å²) in [6.07, 6.45) is 0.205. The molecule has 138 valence electrons. The van der Waals surface area contributed by atoms with Gasteiger partial charge in [0, 0.05) is 16.2 Å². The Morgan fingerprint density at radius 1 is 0.926 bits per heavy atom. The van der Waals surface area contributed by atoms with Crippen LogP contribution in [-0.4, -0.2) is 27.8 Å². The molecule has 0 saturated heterocycles. The number of amides is 2. The number of carbonyl (C=O) groups is 2. The summed E-state index contributed by atoms with van der Waals surface area (Å²) >= 11 is 0. The lowest BCUT2D eigenvalue weighted by molar-refractivity contribution is -0.119. The molecule has 0 unspecified atom stereocenters. The SMILES string of the molecule is NC(=O)[C@H](CC[S@@](=O)c1ccccc1)NC(=O)c1ccc2ccccc2c1. The van der Waals surface area contributed by atoms with E-state index in [1.165, 1.54) is 0 Å². The summed E-state index contributed by atoms with van der Waals surface area (Å²) in [5, 5.41) is 4.62. The van der Waals surface area contributed by atoms with Crippen molar-refractivity contribution in [3.8, 4) is 0 Å². The zero-order valence-electron chi connectivity index (χ0n) is 14.6. The highest BCUT2D eigenvalue weighted by atomic mass is 32.2. The summed E-state index contributed by atoms with van der Waals surface area (Å²) in [7, 11) is -1.26. The van der Waals surface area contributed by atoms with E-state index in [0.717, 1.165) is 10.8 Å².